The minimum absolute atomic E-state index is 0.0116. The molecule has 0 aliphatic heterocycles. The molecule has 0 saturated heterocycles. The number of carbonyl (C=O) groups excluding carboxylic acids is 1. The van der Waals surface area contributed by atoms with Crippen molar-refractivity contribution in [2.75, 3.05) is 6.61 Å². The van der Waals surface area contributed by atoms with Crippen LogP contribution in [0.3, 0.4) is 0 Å². The summed E-state index contributed by atoms with van der Waals surface area (Å²) >= 11 is 0. The molecule has 1 atom stereocenters. The Morgan fingerprint density at radius 1 is 1.12 bits per heavy atom. The maximum absolute atomic E-state index is 11.7. The van der Waals surface area contributed by atoms with Crippen LogP contribution in [-0.4, -0.2) is 12.6 Å². The SMILES string of the molecule is CCOC(=O)C(CC)Cc1ccc(CC)cc1. The highest BCUT2D eigenvalue weighted by molar-refractivity contribution is 5.72. The molecule has 0 spiro atoms. The molecule has 1 aromatic carbocycles. The van der Waals surface area contributed by atoms with E-state index in [0.29, 0.717) is 6.61 Å². The molecule has 2 nitrogen and oxygen atoms in total. The van der Waals surface area contributed by atoms with E-state index in [-0.39, 0.29) is 11.9 Å². The largest absolute Gasteiger partial charge is 0.466 e. The smallest absolute Gasteiger partial charge is 0.309 e. The number of hydrogen-bond acceptors (Lipinski definition) is 2. The minimum Gasteiger partial charge on any atom is -0.466 e. The summed E-state index contributed by atoms with van der Waals surface area (Å²) in [5.41, 5.74) is 2.54. The van der Waals surface area contributed by atoms with Crippen LogP contribution in [0.4, 0.5) is 0 Å². The maximum atomic E-state index is 11.7. The lowest BCUT2D eigenvalue weighted by Gasteiger charge is -2.13. The Balaban J connectivity index is 2.63. The third kappa shape index (κ3) is 4.22. The molecule has 0 radical (unpaired) electrons. The van der Waals surface area contributed by atoms with Gasteiger partial charge in [-0.1, -0.05) is 38.1 Å². The Labute approximate surface area is 104 Å². The lowest BCUT2D eigenvalue weighted by Crippen LogP contribution is -2.19. The highest BCUT2D eigenvalue weighted by Crippen LogP contribution is 2.15. The van der Waals surface area contributed by atoms with E-state index in [4.69, 9.17) is 4.74 Å². The van der Waals surface area contributed by atoms with Gasteiger partial charge in [-0.15, -0.1) is 0 Å². The second-order valence-corrected chi connectivity index (χ2v) is 4.23. The maximum Gasteiger partial charge on any atom is 0.309 e. The van der Waals surface area contributed by atoms with Crippen molar-refractivity contribution < 1.29 is 9.53 Å². The number of carbonyl (C=O) groups is 1. The standard InChI is InChI=1S/C15H22O2/c1-4-12-7-9-13(10-8-12)11-14(5-2)15(16)17-6-3/h7-10,14H,4-6,11H2,1-3H3. The van der Waals surface area contributed by atoms with Crippen LogP contribution in [-0.2, 0) is 22.4 Å². The van der Waals surface area contributed by atoms with Gasteiger partial charge in [-0.3, -0.25) is 4.79 Å². The molecule has 17 heavy (non-hydrogen) atoms. The van der Waals surface area contributed by atoms with E-state index in [1.807, 2.05) is 13.8 Å². The number of benzene rings is 1. The van der Waals surface area contributed by atoms with E-state index in [1.165, 1.54) is 11.1 Å². The topological polar surface area (TPSA) is 26.3 Å². The lowest BCUT2D eigenvalue weighted by molar-refractivity contribution is -0.148. The van der Waals surface area contributed by atoms with Crippen molar-refractivity contribution in [2.45, 2.75) is 40.0 Å². The quantitative estimate of drug-likeness (QED) is 0.705. The van der Waals surface area contributed by atoms with Crippen LogP contribution in [0.1, 0.15) is 38.3 Å². The predicted molar refractivity (Wildman–Crippen MR) is 69.9 cm³/mol. The molecule has 0 saturated carbocycles. The van der Waals surface area contributed by atoms with Crippen LogP contribution >= 0.6 is 0 Å². The summed E-state index contributed by atoms with van der Waals surface area (Å²) in [7, 11) is 0. The Morgan fingerprint density at radius 3 is 2.18 bits per heavy atom. The average Bonchev–Trinajstić information content (AvgIpc) is 2.37. The van der Waals surface area contributed by atoms with Crippen LogP contribution in [0, 0.1) is 5.92 Å². The number of rotatable bonds is 6. The normalized spacial score (nSPS) is 12.2. The molecule has 0 N–H and O–H groups in total. The monoisotopic (exact) mass is 234 g/mol. The van der Waals surface area contributed by atoms with Crippen molar-refractivity contribution in [3.63, 3.8) is 0 Å². The zero-order chi connectivity index (χ0) is 12.7. The number of aryl methyl sites for hydroxylation is 1. The van der Waals surface area contributed by atoms with Gasteiger partial charge in [-0.25, -0.2) is 0 Å². The molecule has 94 valence electrons. The highest BCUT2D eigenvalue weighted by atomic mass is 16.5. The fourth-order valence-electron chi connectivity index (χ4n) is 1.85. The van der Waals surface area contributed by atoms with Gasteiger partial charge in [0.15, 0.2) is 0 Å². The highest BCUT2D eigenvalue weighted by Gasteiger charge is 2.17. The van der Waals surface area contributed by atoms with E-state index in [0.717, 1.165) is 19.3 Å². The first kappa shape index (κ1) is 13.8. The number of ether oxygens (including phenoxy) is 1. The molecular formula is C15H22O2. The van der Waals surface area contributed by atoms with Gasteiger partial charge in [0, 0.05) is 0 Å². The molecule has 0 bridgehead atoms. The molecular weight excluding hydrogens is 212 g/mol. The number of hydrogen-bond donors (Lipinski definition) is 0. The Bertz CT molecular complexity index is 340. The van der Waals surface area contributed by atoms with Gasteiger partial charge in [0.1, 0.15) is 0 Å². The fraction of sp³-hybridized carbons (Fsp3) is 0.533. The molecule has 1 rings (SSSR count). The number of esters is 1. The molecule has 1 aromatic rings. The van der Waals surface area contributed by atoms with Crippen LogP contribution in [0.15, 0.2) is 24.3 Å². The van der Waals surface area contributed by atoms with Crippen molar-refractivity contribution in [1.29, 1.82) is 0 Å². The third-order valence-electron chi connectivity index (χ3n) is 3.03. The van der Waals surface area contributed by atoms with Crippen LogP contribution in [0.25, 0.3) is 0 Å². The molecule has 2 heteroatoms. The molecule has 0 heterocycles. The molecule has 1 unspecified atom stereocenters. The summed E-state index contributed by atoms with van der Waals surface area (Å²) in [4.78, 5) is 11.7. The van der Waals surface area contributed by atoms with E-state index in [2.05, 4.69) is 31.2 Å². The van der Waals surface area contributed by atoms with Gasteiger partial charge in [0.2, 0.25) is 0 Å². The molecule has 0 aliphatic carbocycles. The van der Waals surface area contributed by atoms with E-state index in [9.17, 15) is 4.79 Å². The third-order valence-corrected chi connectivity index (χ3v) is 3.03. The zero-order valence-electron chi connectivity index (χ0n) is 11.0. The van der Waals surface area contributed by atoms with Gasteiger partial charge < -0.3 is 4.74 Å². The fourth-order valence-corrected chi connectivity index (χ4v) is 1.85. The second kappa shape index (κ2) is 7.10. The summed E-state index contributed by atoms with van der Waals surface area (Å²) in [6.45, 7) is 6.48. The summed E-state index contributed by atoms with van der Waals surface area (Å²) < 4.78 is 5.07. The van der Waals surface area contributed by atoms with Gasteiger partial charge in [0.05, 0.1) is 12.5 Å². The average molecular weight is 234 g/mol. The predicted octanol–water partition coefficient (Wildman–Crippen LogP) is 3.38. The summed E-state index contributed by atoms with van der Waals surface area (Å²) in [5, 5.41) is 0. The van der Waals surface area contributed by atoms with Crippen molar-refractivity contribution in [3.8, 4) is 0 Å². The van der Waals surface area contributed by atoms with E-state index in [1.54, 1.807) is 0 Å². The van der Waals surface area contributed by atoms with E-state index < -0.39 is 0 Å². The Morgan fingerprint density at radius 2 is 1.71 bits per heavy atom. The molecule has 0 amide bonds. The van der Waals surface area contributed by atoms with Crippen molar-refractivity contribution >= 4 is 5.97 Å². The van der Waals surface area contributed by atoms with Crippen molar-refractivity contribution in [2.24, 2.45) is 5.92 Å². The van der Waals surface area contributed by atoms with Crippen molar-refractivity contribution in [3.05, 3.63) is 35.4 Å². The molecule has 0 aliphatic rings. The van der Waals surface area contributed by atoms with Crippen LogP contribution in [0.2, 0.25) is 0 Å². The van der Waals surface area contributed by atoms with Crippen molar-refractivity contribution in [1.82, 2.24) is 0 Å². The Hall–Kier alpha value is -1.31. The van der Waals surface area contributed by atoms with Gasteiger partial charge in [-0.2, -0.15) is 0 Å². The summed E-state index contributed by atoms with van der Waals surface area (Å²) in [6, 6.07) is 8.49. The van der Waals surface area contributed by atoms with Gasteiger partial charge in [-0.05, 0) is 37.3 Å². The lowest BCUT2D eigenvalue weighted by atomic mass is 9.96. The first-order valence-corrected chi connectivity index (χ1v) is 6.45. The molecule has 0 fully saturated rings. The Kier molecular flexibility index (Phi) is 5.75. The summed E-state index contributed by atoms with van der Waals surface area (Å²) in [5.74, 6) is -0.0861. The zero-order valence-corrected chi connectivity index (χ0v) is 11.0. The van der Waals surface area contributed by atoms with Crippen LogP contribution < -0.4 is 0 Å². The first-order valence-electron chi connectivity index (χ1n) is 6.45. The summed E-state index contributed by atoms with van der Waals surface area (Å²) in [6.07, 6.45) is 2.66. The van der Waals surface area contributed by atoms with Gasteiger partial charge in [0.25, 0.3) is 0 Å². The molecule has 0 aromatic heterocycles. The van der Waals surface area contributed by atoms with Gasteiger partial charge >= 0.3 is 5.97 Å². The minimum atomic E-state index is -0.0745. The van der Waals surface area contributed by atoms with E-state index >= 15 is 0 Å². The first-order chi connectivity index (χ1) is 8.21. The van der Waals surface area contributed by atoms with Crippen LogP contribution in [0.5, 0.6) is 0 Å². The second-order valence-electron chi connectivity index (χ2n) is 4.23.